The van der Waals surface area contributed by atoms with Gasteiger partial charge in [0.2, 0.25) is 0 Å². The lowest BCUT2D eigenvalue weighted by molar-refractivity contribution is 0.415. The number of hydrogen-bond acceptors (Lipinski definition) is 4. The summed E-state index contributed by atoms with van der Waals surface area (Å²) in [5, 5.41) is 3.13. The Morgan fingerprint density at radius 2 is 1.70 bits per heavy atom. The average Bonchev–Trinajstić information content (AvgIpc) is 3.17. The molecule has 0 radical (unpaired) electrons. The van der Waals surface area contributed by atoms with Gasteiger partial charge in [0.1, 0.15) is 17.4 Å². The summed E-state index contributed by atoms with van der Waals surface area (Å²) in [5.74, 6) is -0.552. The standard InChI is InChI=1S/C22H14F2N4O2/c1-30-15-6-2-12(3-7-15)13-4-8-17-19(10-13)25-22-26-20(27-28(22)21(17)29)16-9-5-14(23)11-18(16)24/h2-11H,1H3,(H,25,26,27). The molecule has 5 rings (SSSR count). The summed E-state index contributed by atoms with van der Waals surface area (Å²) in [6.07, 6.45) is 0. The van der Waals surface area contributed by atoms with Gasteiger partial charge in [-0.25, -0.2) is 13.8 Å². The predicted octanol–water partition coefficient (Wildman–Crippen LogP) is 4.19. The van der Waals surface area contributed by atoms with Crippen LogP contribution in [0.5, 0.6) is 5.75 Å². The zero-order valence-electron chi connectivity index (χ0n) is 15.7. The van der Waals surface area contributed by atoms with Gasteiger partial charge in [-0.1, -0.05) is 18.2 Å². The van der Waals surface area contributed by atoms with E-state index in [0.717, 1.165) is 33.5 Å². The van der Waals surface area contributed by atoms with E-state index in [-0.39, 0.29) is 22.7 Å². The molecule has 30 heavy (non-hydrogen) atoms. The van der Waals surface area contributed by atoms with Crippen LogP contribution in [-0.4, -0.2) is 26.7 Å². The van der Waals surface area contributed by atoms with Gasteiger partial charge in [-0.2, -0.15) is 9.50 Å². The zero-order chi connectivity index (χ0) is 20.8. The lowest BCUT2D eigenvalue weighted by Crippen LogP contribution is -2.15. The third-order valence-electron chi connectivity index (χ3n) is 4.89. The molecule has 0 fully saturated rings. The highest BCUT2D eigenvalue weighted by Crippen LogP contribution is 2.25. The Kier molecular flexibility index (Phi) is 4.06. The third kappa shape index (κ3) is 2.89. The van der Waals surface area contributed by atoms with Crippen LogP contribution in [0.15, 0.2) is 65.5 Å². The second-order valence-corrected chi connectivity index (χ2v) is 6.71. The highest BCUT2D eigenvalue weighted by Gasteiger charge is 2.15. The molecule has 0 saturated carbocycles. The number of nitrogens with zero attached hydrogens (tertiary/aromatic N) is 3. The van der Waals surface area contributed by atoms with E-state index < -0.39 is 11.6 Å². The van der Waals surface area contributed by atoms with Crippen molar-refractivity contribution in [3.63, 3.8) is 0 Å². The van der Waals surface area contributed by atoms with Gasteiger partial charge < -0.3 is 4.74 Å². The number of ether oxygens (including phenoxy) is 1. The number of nitrogens with one attached hydrogen (secondary N) is 1. The minimum Gasteiger partial charge on any atom is -0.497 e. The smallest absolute Gasteiger partial charge is 0.281 e. The van der Waals surface area contributed by atoms with Crippen LogP contribution in [0.3, 0.4) is 0 Å². The molecule has 1 N–H and O–H groups in total. The Bertz CT molecular complexity index is 1470. The number of hydrogen-bond donors (Lipinski definition) is 1. The van der Waals surface area contributed by atoms with Crippen molar-refractivity contribution in [2.75, 3.05) is 7.11 Å². The molecular formula is C22H14F2N4O2. The number of benzene rings is 3. The summed E-state index contributed by atoms with van der Waals surface area (Å²) in [5.41, 5.74) is 1.96. The quantitative estimate of drug-likeness (QED) is 0.489. The monoisotopic (exact) mass is 404 g/mol. The van der Waals surface area contributed by atoms with Crippen molar-refractivity contribution in [2.45, 2.75) is 0 Å². The normalized spacial score (nSPS) is 11.3. The third-order valence-corrected chi connectivity index (χ3v) is 4.89. The molecule has 0 saturated heterocycles. The van der Waals surface area contributed by atoms with Crippen LogP contribution in [0.4, 0.5) is 8.78 Å². The highest BCUT2D eigenvalue weighted by atomic mass is 19.1. The fraction of sp³-hybridized carbons (Fsp3) is 0.0455. The van der Waals surface area contributed by atoms with Crippen molar-refractivity contribution >= 4 is 16.7 Å². The van der Waals surface area contributed by atoms with Crippen molar-refractivity contribution in [2.24, 2.45) is 0 Å². The van der Waals surface area contributed by atoms with E-state index in [1.165, 1.54) is 6.07 Å². The molecule has 0 aliphatic carbocycles. The molecular weight excluding hydrogens is 390 g/mol. The molecule has 2 aromatic heterocycles. The summed E-state index contributed by atoms with van der Waals surface area (Å²) in [6.45, 7) is 0. The van der Waals surface area contributed by atoms with Crippen molar-refractivity contribution in [1.29, 1.82) is 0 Å². The van der Waals surface area contributed by atoms with E-state index in [1.807, 2.05) is 30.3 Å². The van der Waals surface area contributed by atoms with E-state index in [9.17, 15) is 13.6 Å². The van der Waals surface area contributed by atoms with Crippen molar-refractivity contribution in [3.8, 4) is 28.3 Å². The van der Waals surface area contributed by atoms with Crippen molar-refractivity contribution in [3.05, 3.63) is 82.7 Å². The van der Waals surface area contributed by atoms with Crippen molar-refractivity contribution in [1.82, 2.24) is 19.6 Å². The number of aromatic nitrogens is 4. The molecule has 0 aliphatic heterocycles. The minimum atomic E-state index is -0.784. The van der Waals surface area contributed by atoms with Gasteiger partial charge in [-0.3, -0.25) is 9.89 Å². The van der Waals surface area contributed by atoms with E-state index in [0.29, 0.717) is 10.9 Å². The van der Waals surface area contributed by atoms with E-state index in [4.69, 9.17) is 4.74 Å². The topological polar surface area (TPSA) is 72.3 Å². The molecule has 148 valence electrons. The first-order chi connectivity index (χ1) is 14.5. The average molecular weight is 404 g/mol. The van der Waals surface area contributed by atoms with Gasteiger partial charge in [-0.15, -0.1) is 0 Å². The SMILES string of the molecule is COc1ccc(-c2ccc3c(=O)n4[nH]c(-c5ccc(F)cc5F)nc4nc3c2)cc1. The fourth-order valence-electron chi connectivity index (χ4n) is 3.35. The molecule has 3 aromatic carbocycles. The Morgan fingerprint density at radius 1 is 0.933 bits per heavy atom. The van der Waals surface area contributed by atoms with Gasteiger partial charge in [-0.05, 0) is 47.5 Å². The number of H-pyrrole nitrogens is 1. The second-order valence-electron chi connectivity index (χ2n) is 6.71. The first kappa shape index (κ1) is 18.0. The summed E-state index contributed by atoms with van der Waals surface area (Å²) in [6, 6.07) is 16.0. The van der Waals surface area contributed by atoms with Gasteiger partial charge in [0.25, 0.3) is 11.3 Å². The maximum Gasteiger partial charge on any atom is 0.281 e. The van der Waals surface area contributed by atoms with Crippen LogP contribution < -0.4 is 10.3 Å². The molecule has 0 aliphatic rings. The second kappa shape index (κ2) is 6.77. The van der Waals surface area contributed by atoms with Crippen LogP contribution in [-0.2, 0) is 0 Å². The Hall–Kier alpha value is -4.07. The van der Waals surface area contributed by atoms with Crippen LogP contribution in [0.1, 0.15) is 0 Å². The Balaban J connectivity index is 1.66. The molecule has 6 nitrogen and oxygen atoms in total. The van der Waals surface area contributed by atoms with Crippen LogP contribution in [0.2, 0.25) is 0 Å². The lowest BCUT2D eigenvalue weighted by Gasteiger charge is -2.05. The van der Waals surface area contributed by atoms with Crippen LogP contribution >= 0.6 is 0 Å². The summed E-state index contributed by atoms with van der Waals surface area (Å²) < 4.78 is 33.6. The Labute approximate surface area is 168 Å². The predicted molar refractivity (Wildman–Crippen MR) is 108 cm³/mol. The fourth-order valence-corrected chi connectivity index (χ4v) is 3.35. The van der Waals surface area contributed by atoms with E-state index >= 15 is 0 Å². The first-order valence-electron chi connectivity index (χ1n) is 9.06. The number of methoxy groups -OCH3 is 1. The van der Waals surface area contributed by atoms with Crippen molar-refractivity contribution < 1.29 is 13.5 Å². The first-order valence-corrected chi connectivity index (χ1v) is 9.06. The van der Waals surface area contributed by atoms with Gasteiger partial charge in [0.05, 0.1) is 23.6 Å². The van der Waals surface area contributed by atoms with Crippen LogP contribution in [0.25, 0.3) is 39.2 Å². The molecule has 5 aromatic rings. The van der Waals surface area contributed by atoms with Gasteiger partial charge in [0.15, 0.2) is 5.82 Å². The molecule has 0 spiro atoms. The minimum absolute atomic E-state index is 0.0456. The maximum atomic E-state index is 14.1. The van der Waals surface area contributed by atoms with E-state index in [2.05, 4.69) is 15.1 Å². The number of aromatic amines is 1. The summed E-state index contributed by atoms with van der Waals surface area (Å²) >= 11 is 0. The molecule has 0 amide bonds. The van der Waals surface area contributed by atoms with E-state index in [1.54, 1.807) is 19.2 Å². The van der Waals surface area contributed by atoms with Gasteiger partial charge in [0, 0.05) is 6.07 Å². The Morgan fingerprint density at radius 3 is 2.43 bits per heavy atom. The summed E-state index contributed by atoms with van der Waals surface area (Å²) in [7, 11) is 1.60. The molecule has 8 heteroatoms. The summed E-state index contributed by atoms with van der Waals surface area (Å²) in [4.78, 5) is 21.6. The largest absolute Gasteiger partial charge is 0.497 e. The lowest BCUT2D eigenvalue weighted by atomic mass is 10.0. The molecule has 2 heterocycles. The number of rotatable bonds is 3. The van der Waals surface area contributed by atoms with Gasteiger partial charge >= 0.3 is 0 Å². The number of fused-ring (bicyclic) bond motifs is 2. The maximum absolute atomic E-state index is 14.1. The highest BCUT2D eigenvalue weighted by molar-refractivity contribution is 5.84. The molecule has 0 bridgehead atoms. The van der Waals surface area contributed by atoms with Crippen LogP contribution in [0, 0.1) is 11.6 Å². The number of halogens is 2. The zero-order valence-corrected chi connectivity index (χ0v) is 15.7. The molecule has 0 unspecified atom stereocenters. The molecule has 0 atom stereocenters.